The van der Waals surface area contributed by atoms with Gasteiger partial charge in [-0.2, -0.15) is 6.07 Å². The zero-order chi connectivity index (χ0) is 42.1. The molecule has 0 radical (unpaired) electrons. The van der Waals surface area contributed by atoms with Crippen molar-refractivity contribution >= 4 is 44.6 Å². The molecule has 0 unspecified atom stereocenters. The van der Waals surface area contributed by atoms with Crippen molar-refractivity contribution in [2.75, 3.05) is 9.80 Å². The molecule has 1 aliphatic rings. The monoisotopic (exact) mass is 988 g/mol. The smallest absolute Gasteiger partial charge is 0.147 e. The van der Waals surface area contributed by atoms with Gasteiger partial charge >= 0.3 is 0 Å². The van der Waals surface area contributed by atoms with Gasteiger partial charge in [0.1, 0.15) is 17.5 Å². The Morgan fingerprint density at radius 3 is 1.98 bits per heavy atom. The predicted octanol–water partition coefficient (Wildman–Crippen LogP) is 14.6. The van der Waals surface area contributed by atoms with Gasteiger partial charge in [0, 0.05) is 67.4 Å². The van der Waals surface area contributed by atoms with Crippen LogP contribution in [0.4, 0.5) is 31.5 Å². The Labute approximate surface area is 371 Å². The summed E-state index contributed by atoms with van der Waals surface area (Å²) >= 11 is 0. The maximum atomic E-state index is 15.5. The molecule has 3 heterocycles. The minimum absolute atomic E-state index is 0. The Morgan fingerprint density at radius 1 is 0.656 bits per heavy atom. The van der Waals surface area contributed by atoms with Gasteiger partial charge in [-0.25, -0.2) is 13.8 Å². The number of ether oxygens (including phenoxy) is 1. The normalized spacial score (nSPS) is 13.0. The molecule has 8 aromatic rings. The average Bonchev–Trinajstić information content (AvgIpc) is 3.76. The molecular weight excluding hydrogens is 942 g/mol. The van der Waals surface area contributed by atoms with Crippen molar-refractivity contribution in [2.24, 2.45) is 0 Å². The summed E-state index contributed by atoms with van der Waals surface area (Å²) in [7, 11) is 0. The number of para-hydroxylation sites is 3. The van der Waals surface area contributed by atoms with E-state index in [1.807, 2.05) is 72.2 Å². The average molecular weight is 989 g/mol. The molecule has 5 nitrogen and oxygen atoms in total. The molecule has 9 rings (SSSR count). The molecule has 6 aromatic carbocycles. The molecule has 0 atom stereocenters. The molecular formula is C53H47F2N4OPt-3. The number of fused-ring (bicyclic) bond motifs is 4. The van der Waals surface area contributed by atoms with Gasteiger partial charge in [-0.15, -0.1) is 53.6 Å². The van der Waals surface area contributed by atoms with Crippen LogP contribution in [0.15, 0.2) is 128 Å². The van der Waals surface area contributed by atoms with E-state index in [9.17, 15) is 4.39 Å². The number of aromatic nitrogens is 2. The van der Waals surface area contributed by atoms with E-state index in [1.165, 1.54) is 28.8 Å². The molecule has 8 heteroatoms. The third-order valence-electron chi connectivity index (χ3n) is 11.3. The van der Waals surface area contributed by atoms with Gasteiger partial charge < -0.3 is 19.1 Å². The first kappa shape index (κ1) is 41.9. The van der Waals surface area contributed by atoms with Crippen molar-refractivity contribution in [1.29, 1.82) is 0 Å². The summed E-state index contributed by atoms with van der Waals surface area (Å²) in [6.45, 7) is 19.9. The van der Waals surface area contributed by atoms with Gasteiger partial charge in [0.15, 0.2) is 0 Å². The van der Waals surface area contributed by atoms with Crippen LogP contribution in [0.3, 0.4) is 0 Å². The number of rotatable bonds is 7. The summed E-state index contributed by atoms with van der Waals surface area (Å²) in [5.41, 5.74) is 9.80. The SMILES string of the molecule is CC(C)c1cc(C(C)(C)C)c(-c2cc(Oc3[c-]c4c(cc3)c3ccccc3n4-c3ccccn3)[c-]c(N3[CH-]N(c4ccc(F)cc4F)c4ccccc43)c2)c(C(C)(C)C)c1.[Pt]. The molecule has 0 N–H and O–H groups in total. The van der Waals surface area contributed by atoms with Gasteiger partial charge in [-0.3, -0.25) is 0 Å². The van der Waals surface area contributed by atoms with Crippen molar-refractivity contribution in [3.63, 3.8) is 0 Å². The summed E-state index contributed by atoms with van der Waals surface area (Å²) in [6, 6.07) is 45.8. The molecule has 1 aliphatic heterocycles. The number of halogens is 2. The number of hydrogen-bond acceptors (Lipinski definition) is 4. The van der Waals surface area contributed by atoms with Crippen LogP contribution in [0.25, 0.3) is 38.8 Å². The van der Waals surface area contributed by atoms with Crippen LogP contribution in [0.1, 0.15) is 78.0 Å². The van der Waals surface area contributed by atoms with Crippen LogP contribution in [-0.2, 0) is 31.9 Å². The molecule has 0 saturated heterocycles. The van der Waals surface area contributed by atoms with Crippen LogP contribution in [-0.4, -0.2) is 9.55 Å². The van der Waals surface area contributed by atoms with Gasteiger partial charge in [0.2, 0.25) is 0 Å². The largest absolute Gasteiger partial charge is 0.509 e. The second kappa shape index (κ2) is 15.9. The first-order valence-electron chi connectivity index (χ1n) is 20.4. The predicted molar refractivity (Wildman–Crippen MR) is 241 cm³/mol. The Hall–Kier alpha value is -5.78. The van der Waals surface area contributed by atoms with Crippen LogP contribution in [0, 0.1) is 30.4 Å². The molecule has 0 bridgehead atoms. The van der Waals surface area contributed by atoms with Crippen molar-refractivity contribution in [2.45, 2.75) is 72.1 Å². The van der Waals surface area contributed by atoms with Crippen molar-refractivity contribution in [3.05, 3.63) is 175 Å². The number of hydrogen-bond donors (Lipinski definition) is 0. The molecule has 0 saturated carbocycles. The van der Waals surface area contributed by atoms with E-state index < -0.39 is 11.6 Å². The standard InChI is InChI=1S/C53H47F2N4O.Pt/c1-33(2)34-27-42(52(3,4)5)51(43(28-34)53(6,7)8)35-25-37(57-32-58(48-18-12-11-17-47(48)57)46-23-20-36(54)29-44(46)55)30-39(26-35)60-38-21-22-41-40-15-9-10-16-45(40)59(49(41)31-38)50-19-13-14-24-56-50;/h9-29,32-33H,1-8H3;/q-3;. The minimum Gasteiger partial charge on any atom is -0.509 e. The number of anilines is 4. The van der Waals surface area contributed by atoms with E-state index in [0.29, 0.717) is 23.1 Å². The summed E-state index contributed by atoms with van der Waals surface area (Å²) in [5.74, 6) is 0.835. The number of benzene rings is 6. The maximum absolute atomic E-state index is 15.5. The van der Waals surface area contributed by atoms with E-state index in [2.05, 4.69) is 115 Å². The fraction of sp³-hybridized carbons (Fsp3) is 0.208. The molecule has 0 amide bonds. The summed E-state index contributed by atoms with van der Waals surface area (Å²) in [6.07, 6.45) is 1.79. The molecule has 61 heavy (non-hydrogen) atoms. The Bertz CT molecular complexity index is 2890. The van der Waals surface area contributed by atoms with E-state index in [-0.39, 0.29) is 37.6 Å². The van der Waals surface area contributed by atoms with E-state index >= 15 is 4.39 Å². The van der Waals surface area contributed by atoms with Gasteiger partial charge in [0.05, 0.1) is 0 Å². The third-order valence-corrected chi connectivity index (χ3v) is 11.3. The molecule has 0 fully saturated rings. The first-order valence-corrected chi connectivity index (χ1v) is 20.4. The zero-order valence-electron chi connectivity index (χ0n) is 35.5. The Kier molecular flexibility index (Phi) is 10.9. The van der Waals surface area contributed by atoms with Gasteiger partial charge in [0.25, 0.3) is 0 Å². The fourth-order valence-electron chi connectivity index (χ4n) is 8.30. The second-order valence-electron chi connectivity index (χ2n) is 17.9. The van der Waals surface area contributed by atoms with Crippen LogP contribution in [0.5, 0.6) is 11.5 Å². The van der Waals surface area contributed by atoms with Crippen molar-refractivity contribution in [3.8, 4) is 28.4 Å². The quantitative estimate of drug-likeness (QED) is 0.149. The molecule has 0 aliphatic carbocycles. The summed E-state index contributed by atoms with van der Waals surface area (Å²) in [5, 5.41) is 2.13. The fourth-order valence-corrected chi connectivity index (χ4v) is 8.30. The van der Waals surface area contributed by atoms with E-state index in [4.69, 9.17) is 9.72 Å². The zero-order valence-corrected chi connectivity index (χ0v) is 37.8. The minimum atomic E-state index is -0.659. The van der Waals surface area contributed by atoms with Crippen LogP contribution < -0.4 is 14.5 Å². The Balaban J connectivity index is 0.00000514. The topological polar surface area (TPSA) is 33.5 Å². The molecule has 0 spiro atoms. The molecule has 312 valence electrons. The maximum Gasteiger partial charge on any atom is 0.147 e. The van der Waals surface area contributed by atoms with Crippen LogP contribution in [0.2, 0.25) is 0 Å². The van der Waals surface area contributed by atoms with Crippen molar-refractivity contribution in [1.82, 2.24) is 9.55 Å². The summed E-state index contributed by atoms with van der Waals surface area (Å²) in [4.78, 5) is 8.45. The second-order valence-corrected chi connectivity index (χ2v) is 17.9. The van der Waals surface area contributed by atoms with E-state index in [1.54, 1.807) is 11.1 Å². The Morgan fingerprint density at radius 2 is 1.33 bits per heavy atom. The summed E-state index contributed by atoms with van der Waals surface area (Å²) < 4.78 is 38.6. The molecule has 2 aromatic heterocycles. The number of nitrogens with zero attached hydrogens (tertiary/aromatic N) is 4. The number of pyridine rings is 1. The first-order chi connectivity index (χ1) is 28.7. The van der Waals surface area contributed by atoms with Crippen molar-refractivity contribution < 1.29 is 34.6 Å². The van der Waals surface area contributed by atoms with Gasteiger partial charge in [-0.1, -0.05) is 109 Å². The third kappa shape index (κ3) is 7.74. The van der Waals surface area contributed by atoms with Gasteiger partial charge in [-0.05, 0) is 86.9 Å². The van der Waals surface area contributed by atoms with Crippen LogP contribution >= 0.6 is 0 Å². The van der Waals surface area contributed by atoms with E-state index in [0.717, 1.165) is 56.2 Å².